The van der Waals surface area contributed by atoms with Crippen molar-refractivity contribution >= 4 is 11.8 Å². The molecule has 1 saturated carbocycles. The number of benzene rings is 2. The Morgan fingerprint density at radius 1 is 0.828 bits per heavy atom. The molecule has 4 heteroatoms. The standard InChI is InChI=1S/C25H34N2OS/c1-20(26-16-18-27(19-17-26)22-6-4-3-5-7-22)21-8-12-24(13-9-21)29-25-14-10-23(28-2)11-15-25/h8-15,20,22H,3-7,16-19H2,1-2H3. The highest BCUT2D eigenvalue weighted by atomic mass is 32.2. The van der Waals surface area contributed by atoms with Gasteiger partial charge in [-0.2, -0.15) is 0 Å². The average Bonchev–Trinajstić information content (AvgIpc) is 2.80. The third kappa shape index (κ3) is 5.36. The van der Waals surface area contributed by atoms with Crippen LogP contribution in [0.1, 0.15) is 50.6 Å². The Labute approximate surface area is 180 Å². The van der Waals surface area contributed by atoms with Crippen LogP contribution < -0.4 is 4.74 Å². The smallest absolute Gasteiger partial charge is 0.118 e. The highest BCUT2D eigenvalue weighted by molar-refractivity contribution is 7.99. The summed E-state index contributed by atoms with van der Waals surface area (Å²) in [6.07, 6.45) is 7.15. The number of hydrogen-bond acceptors (Lipinski definition) is 4. The van der Waals surface area contributed by atoms with E-state index in [1.807, 2.05) is 12.1 Å². The molecule has 0 aromatic heterocycles. The molecule has 1 atom stereocenters. The maximum atomic E-state index is 5.24. The lowest BCUT2D eigenvalue weighted by molar-refractivity contribution is 0.0602. The van der Waals surface area contributed by atoms with Gasteiger partial charge in [-0.1, -0.05) is 43.2 Å². The van der Waals surface area contributed by atoms with E-state index in [2.05, 4.69) is 53.1 Å². The lowest BCUT2D eigenvalue weighted by Crippen LogP contribution is -2.51. The van der Waals surface area contributed by atoms with Crippen molar-refractivity contribution < 1.29 is 4.74 Å². The van der Waals surface area contributed by atoms with Crippen LogP contribution in [0.5, 0.6) is 5.75 Å². The van der Waals surface area contributed by atoms with Crippen molar-refractivity contribution in [2.24, 2.45) is 0 Å². The molecule has 0 bridgehead atoms. The van der Waals surface area contributed by atoms with Gasteiger partial charge >= 0.3 is 0 Å². The minimum atomic E-state index is 0.489. The second kappa shape index (κ2) is 10.0. The maximum Gasteiger partial charge on any atom is 0.118 e. The predicted molar refractivity (Wildman–Crippen MR) is 122 cm³/mol. The van der Waals surface area contributed by atoms with Gasteiger partial charge in [0.15, 0.2) is 0 Å². The minimum absolute atomic E-state index is 0.489. The van der Waals surface area contributed by atoms with E-state index in [0.717, 1.165) is 11.8 Å². The van der Waals surface area contributed by atoms with Gasteiger partial charge in [0.1, 0.15) is 5.75 Å². The Kier molecular flexibility index (Phi) is 7.17. The van der Waals surface area contributed by atoms with E-state index in [0.29, 0.717) is 6.04 Å². The summed E-state index contributed by atoms with van der Waals surface area (Å²) in [7, 11) is 1.71. The van der Waals surface area contributed by atoms with Crippen LogP contribution in [0.25, 0.3) is 0 Å². The molecule has 0 spiro atoms. The molecule has 1 unspecified atom stereocenters. The molecule has 0 N–H and O–H groups in total. The number of methoxy groups -OCH3 is 1. The lowest BCUT2D eigenvalue weighted by atomic mass is 9.93. The van der Waals surface area contributed by atoms with Gasteiger partial charge in [-0.25, -0.2) is 0 Å². The Morgan fingerprint density at radius 2 is 1.41 bits per heavy atom. The van der Waals surface area contributed by atoms with Gasteiger partial charge in [-0.15, -0.1) is 0 Å². The SMILES string of the molecule is COc1ccc(Sc2ccc(C(C)N3CCN(C4CCCCC4)CC3)cc2)cc1. The molecule has 0 amide bonds. The van der Waals surface area contributed by atoms with Crippen molar-refractivity contribution in [2.45, 2.75) is 60.9 Å². The fourth-order valence-electron chi connectivity index (χ4n) is 4.74. The third-order valence-corrected chi connectivity index (χ3v) is 7.66. The number of hydrogen-bond donors (Lipinski definition) is 0. The molecule has 2 fully saturated rings. The number of piperazine rings is 1. The first-order chi connectivity index (χ1) is 14.2. The molecule has 1 saturated heterocycles. The molecule has 2 aromatic rings. The van der Waals surface area contributed by atoms with E-state index in [-0.39, 0.29) is 0 Å². The van der Waals surface area contributed by atoms with Gasteiger partial charge in [0.25, 0.3) is 0 Å². The van der Waals surface area contributed by atoms with E-state index in [1.165, 1.54) is 73.6 Å². The van der Waals surface area contributed by atoms with Crippen LogP contribution in [0.15, 0.2) is 58.3 Å². The van der Waals surface area contributed by atoms with Gasteiger partial charge in [-0.05, 0) is 61.7 Å². The molecule has 3 nitrogen and oxygen atoms in total. The zero-order valence-electron chi connectivity index (χ0n) is 17.8. The Morgan fingerprint density at radius 3 is 2.00 bits per heavy atom. The van der Waals surface area contributed by atoms with Crippen LogP contribution in [0.4, 0.5) is 0 Å². The normalized spacial score (nSPS) is 20.5. The van der Waals surface area contributed by atoms with Gasteiger partial charge in [0.2, 0.25) is 0 Å². The minimum Gasteiger partial charge on any atom is -0.497 e. The summed E-state index contributed by atoms with van der Waals surface area (Å²) >= 11 is 1.80. The predicted octanol–water partition coefficient (Wildman–Crippen LogP) is 5.86. The van der Waals surface area contributed by atoms with Crippen LogP contribution in [-0.4, -0.2) is 49.1 Å². The van der Waals surface area contributed by atoms with Crippen LogP contribution in [0, 0.1) is 0 Å². The molecule has 29 heavy (non-hydrogen) atoms. The fraction of sp³-hybridized carbons (Fsp3) is 0.520. The summed E-state index contributed by atoms with van der Waals surface area (Å²) in [5.74, 6) is 0.905. The summed E-state index contributed by atoms with van der Waals surface area (Å²) < 4.78 is 5.24. The van der Waals surface area contributed by atoms with Crippen LogP contribution in [0.3, 0.4) is 0 Å². The van der Waals surface area contributed by atoms with Crippen LogP contribution >= 0.6 is 11.8 Å². The summed E-state index contributed by atoms with van der Waals surface area (Å²) in [5, 5.41) is 0. The molecule has 1 heterocycles. The highest BCUT2D eigenvalue weighted by Gasteiger charge is 2.27. The maximum absolute atomic E-state index is 5.24. The van der Waals surface area contributed by atoms with E-state index in [4.69, 9.17) is 4.74 Å². The molecule has 2 aromatic carbocycles. The van der Waals surface area contributed by atoms with Crippen molar-refractivity contribution in [1.82, 2.24) is 9.80 Å². The Balaban J connectivity index is 1.30. The Hall–Kier alpha value is -1.49. The number of nitrogens with zero attached hydrogens (tertiary/aromatic N) is 2. The van der Waals surface area contributed by atoms with Crippen LogP contribution in [-0.2, 0) is 0 Å². The first-order valence-corrected chi connectivity index (χ1v) is 11.9. The first kappa shape index (κ1) is 20.8. The summed E-state index contributed by atoms with van der Waals surface area (Å²) in [6.45, 7) is 7.22. The largest absolute Gasteiger partial charge is 0.497 e. The number of rotatable bonds is 6. The summed E-state index contributed by atoms with van der Waals surface area (Å²) in [5.41, 5.74) is 1.43. The van der Waals surface area contributed by atoms with Gasteiger partial charge < -0.3 is 4.74 Å². The number of ether oxygens (including phenoxy) is 1. The quantitative estimate of drug-likeness (QED) is 0.592. The lowest BCUT2D eigenvalue weighted by Gasteiger charge is -2.42. The molecule has 0 radical (unpaired) electrons. The summed E-state index contributed by atoms with van der Waals surface area (Å²) in [6, 6.07) is 18.8. The summed E-state index contributed by atoms with van der Waals surface area (Å²) in [4.78, 5) is 7.95. The van der Waals surface area contributed by atoms with Crippen molar-refractivity contribution in [3.05, 3.63) is 54.1 Å². The average molecular weight is 411 g/mol. The molecular weight excluding hydrogens is 376 g/mol. The first-order valence-electron chi connectivity index (χ1n) is 11.1. The van der Waals surface area contributed by atoms with E-state index < -0.39 is 0 Å². The van der Waals surface area contributed by atoms with E-state index >= 15 is 0 Å². The molecular formula is C25H34N2OS. The van der Waals surface area contributed by atoms with Crippen molar-refractivity contribution in [3.8, 4) is 5.75 Å². The van der Waals surface area contributed by atoms with Crippen molar-refractivity contribution in [2.75, 3.05) is 33.3 Å². The second-order valence-electron chi connectivity index (χ2n) is 8.39. The molecule has 4 rings (SSSR count). The third-order valence-electron chi connectivity index (χ3n) is 6.65. The zero-order chi connectivity index (χ0) is 20.1. The van der Waals surface area contributed by atoms with Gasteiger partial charge in [0.05, 0.1) is 7.11 Å². The van der Waals surface area contributed by atoms with E-state index in [9.17, 15) is 0 Å². The topological polar surface area (TPSA) is 15.7 Å². The van der Waals surface area contributed by atoms with Gasteiger partial charge in [-0.3, -0.25) is 9.80 Å². The monoisotopic (exact) mass is 410 g/mol. The van der Waals surface area contributed by atoms with Crippen molar-refractivity contribution in [1.29, 1.82) is 0 Å². The van der Waals surface area contributed by atoms with E-state index in [1.54, 1.807) is 18.9 Å². The molecule has 1 aliphatic carbocycles. The molecule has 2 aliphatic rings. The van der Waals surface area contributed by atoms with Crippen molar-refractivity contribution in [3.63, 3.8) is 0 Å². The highest BCUT2D eigenvalue weighted by Crippen LogP contribution is 2.31. The Bertz CT molecular complexity index is 747. The van der Waals surface area contributed by atoms with Gasteiger partial charge in [0, 0.05) is 48.1 Å². The molecule has 156 valence electrons. The second-order valence-corrected chi connectivity index (χ2v) is 9.53. The molecule has 1 aliphatic heterocycles. The zero-order valence-corrected chi connectivity index (χ0v) is 18.7. The fourth-order valence-corrected chi connectivity index (χ4v) is 5.56. The van der Waals surface area contributed by atoms with Crippen LogP contribution in [0.2, 0.25) is 0 Å².